The zero-order valence-electron chi connectivity index (χ0n) is 10.5. The van der Waals surface area contributed by atoms with E-state index in [0.717, 1.165) is 11.1 Å². The quantitative estimate of drug-likeness (QED) is 0.811. The Bertz CT molecular complexity index is 515. The third-order valence-corrected chi connectivity index (χ3v) is 4.39. The van der Waals surface area contributed by atoms with Gasteiger partial charge in [-0.2, -0.15) is 0 Å². The van der Waals surface area contributed by atoms with Gasteiger partial charge in [-0.3, -0.25) is 4.79 Å². The molecular weight excluding hydrogens is 236 g/mol. The number of ketones is 1. The summed E-state index contributed by atoms with van der Waals surface area (Å²) in [5.41, 5.74) is 1.97. The molecule has 0 fully saturated rings. The molecule has 0 aliphatic carbocycles. The second-order valence-corrected chi connectivity index (χ2v) is 6.28. The Morgan fingerprint density at radius 3 is 2.35 bits per heavy atom. The van der Waals surface area contributed by atoms with Crippen LogP contribution in [0.15, 0.2) is 23.1 Å². The summed E-state index contributed by atoms with van der Waals surface area (Å²) in [4.78, 5) is 11.6. The van der Waals surface area contributed by atoms with Gasteiger partial charge in [0.15, 0.2) is 9.84 Å². The highest BCUT2D eigenvalue weighted by Gasteiger charge is 2.18. The minimum atomic E-state index is -3.47. The van der Waals surface area contributed by atoms with Crippen molar-refractivity contribution in [1.82, 2.24) is 0 Å². The fourth-order valence-corrected chi connectivity index (χ4v) is 2.92. The van der Waals surface area contributed by atoms with Crippen LogP contribution < -0.4 is 0 Å². The van der Waals surface area contributed by atoms with Gasteiger partial charge in [0.2, 0.25) is 0 Å². The highest BCUT2D eigenvalue weighted by molar-refractivity contribution is 7.92. The molecule has 0 aromatic heterocycles. The molecule has 0 aliphatic rings. The van der Waals surface area contributed by atoms with Gasteiger partial charge in [0.1, 0.15) is 11.5 Å². The van der Waals surface area contributed by atoms with Gasteiger partial charge in [-0.15, -0.1) is 0 Å². The van der Waals surface area contributed by atoms with E-state index in [1.54, 1.807) is 18.2 Å². The van der Waals surface area contributed by atoms with E-state index in [1.165, 1.54) is 0 Å². The van der Waals surface area contributed by atoms with Gasteiger partial charge in [-0.1, -0.05) is 13.0 Å². The van der Waals surface area contributed by atoms with Gasteiger partial charge >= 0.3 is 0 Å². The second kappa shape index (κ2) is 5.45. The van der Waals surface area contributed by atoms with Crippen LogP contribution in [0.2, 0.25) is 0 Å². The molecule has 0 atom stereocenters. The van der Waals surface area contributed by atoms with E-state index in [9.17, 15) is 13.2 Å². The number of rotatable bonds is 5. The van der Waals surface area contributed by atoms with Crippen molar-refractivity contribution in [3.8, 4) is 0 Å². The second-order valence-electron chi connectivity index (χ2n) is 4.29. The minimum absolute atomic E-state index is 0.217. The van der Waals surface area contributed by atoms with E-state index in [4.69, 9.17) is 0 Å². The number of sulfone groups is 1. The fraction of sp³-hybridized carbons (Fsp3) is 0.462. The molecule has 0 unspecified atom stereocenters. The number of carbonyl (C=O) groups excluding carboxylic acids is 1. The molecule has 0 spiro atoms. The molecule has 0 aliphatic heterocycles. The van der Waals surface area contributed by atoms with Gasteiger partial charge in [0.25, 0.3) is 0 Å². The van der Waals surface area contributed by atoms with Gasteiger partial charge in [0, 0.05) is 6.42 Å². The monoisotopic (exact) mass is 254 g/mol. The molecule has 0 saturated heterocycles. The Labute approximate surface area is 103 Å². The summed E-state index contributed by atoms with van der Waals surface area (Å²) in [7, 11) is -3.47. The first-order valence-corrected chi connectivity index (χ1v) is 7.33. The zero-order chi connectivity index (χ0) is 13.1. The molecule has 4 heteroatoms. The van der Waals surface area contributed by atoms with Gasteiger partial charge in [-0.05, 0) is 43.5 Å². The van der Waals surface area contributed by atoms with Gasteiger partial charge in [-0.25, -0.2) is 8.42 Å². The standard InChI is InChI=1S/C13H18O3S/c1-4-5-12(14)9-17(15,16)13-7-6-10(2)11(3)8-13/h6-8H,4-5,9H2,1-3H3. The lowest BCUT2D eigenvalue weighted by Crippen LogP contribution is -2.16. The van der Waals surface area contributed by atoms with Crippen molar-refractivity contribution in [3.63, 3.8) is 0 Å². The van der Waals surface area contributed by atoms with Crippen LogP contribution in [0.25, 0.3) is 0 Å². The maximum absolute atomic E-state index is 12.0. The van der Waals surface area contributed by atoms with Crippen LogP contribution in [0, 0.1) is 13.8 Å². The third kappa shape index (κ3) is 3.66. The molecule has 17 heavy (non-hydrogen) atoms. The summed E-state index contributed by atoms with van der Waals surface area (Å²) < 4.78 is 23.9. The maximum atomic E-state index is 12.0. The number of hydrogen-bond donors (Lipinski definition) is 0. The van der Waals surface area contributed by atoms with E-state index in [-0.39, 0.29) is 16.4 Å². The van der Waals surface area contributed by atoms with Crippen LogP contribution in [-0.2, 0) is 14.6 Å². The summed E-state index contributed by atoms with van der Waals surface area (Å²) >= 11 is 0. The topological polar surface area (TPSA) is 51.2 Å². The first kappa shape index (κ1) is 13.9. The smallest absolute Gasteiger partial charge is 0.185 e. The molecule has 94 valence electrons. The third-order valence-electron chi connectivity index (χ3n) is 2.72. The first-order chi connectivity index (χ1) is 7.86. The van der Waals surface area contributed by atoms with Crippen molar-refractivity contribution in [3.05, 3.63) is 29.3 Å². The van der Waals surface area contributed by atoms with Crippen molar-refractivity contribution >= 4 is 15.6 Å². The van der Waals surface area contributed by atoms with Crippen LogP contribution in [-0.4, -0.2) is 20.0 Å². The fourth-order valence-electron chi connectivity index (χ4n) is 1.55. The van der Waals surface area contributed by atoms with Crippen molar-refractivity contribution in [2.75, 3.05) is 5.75 Å². The summed E-state index contributed by atoms with van der Waals surface area (Å²) in [5, 5.41) is 0. The molecule has 0 bridgehead atoms. The predicted molar refractivity (Wildman–Crippen MR) is 67.9 cm³/mol. The van der Waals surface area contributed by atoms with E-state index in [1.807, 2.05) is 20.8 Å². The van der Waals surface area contributed by atoms with Gasteiger partial charge < -0.3 is 0 Å². The van der Waals surface area contributed by atoms with Crippen LogP contribution in [0.4, 0.5) is 0 Å². The van der Waals surface area contributed by atoms with Crippen LogP contribution in [0.1, 0.15) is 30.9 Å². The average molecular weight is 254 g/mol. The molecule has 0 N–H and O–H groups in total. The van der Waals surface area contributed by atoms with E-state index >= 15 is 0 Å². The van der Waals surface area contributed by atoms with Crippen molar-refractivity contribution in [2.45, 2.75) is 38.5 Å². The number of carbonyl (C=O) groups is 1. The molecule has 1 aromatic rings. The number of hydrogen-bond acceptors (Lipinski definition) is 3. The zero-order valence-corrected chi connectivity index (χ0v) is 11.3. The van der Waals surface area contributed by atoms with Crippen LogP contribution >= 0.6 is 0 Å². The lowest BCUT2D eigenvalue weighted by Gasteiger charge is -2.06. The molecular formula is C13H18O3S. The van der Waals surface area contributed by atoms with Crippen molar-refractivity contribution in [2.24, 2.45) is 0 Å². The molecule has 0 radical (unpaired) electrons. The first-order valence-electron chi connectivity index (χ1n) is 5.68. The lowest BCUT2D eigenvalue weighted by atomic mass is 10.1. The molecule has 1 rings (SSSR count). The lowest BCUT2D eigenvalue weighted by molar-refractivity contribution is -0.116. The van der Waals surface area contributed by atoms with E-state index in [0.29, 0.717) is 12.8 Å². The molecule has 0 amide bonds. The molecule has 0 saturated carbocycles. The van der Waals surface area contributed by atoms with E-state index in [2.05, 4.69) is 0 Å². The molecule has 0 heterocycles. The summed E-state index contributed by atoms with van der Waals surface area (Å²) in [5.74, 6) is -0.602. The Hall–Kier alpha value is -1.16. The van der Waals surface area contributed by atoms with Crippen LogP contribution in [0.3, 0.4) is 0 Å². The normalized spacial score (nSPS) is 11.5. The van der Waals surface area contributed by atoms with Crippen molar-refractivity contribution < 1.29 is 13.2 Å². The maximum Gasteiger partial charge on any atom is 0.185 e. The van der Waals surface area contributed by atoms with Gasteiger partial charge in [0.05, 0.1) is 4.90 Å². The Kier molecular flexibility index (Phi) is 4.46. The summed E-state index contributed by atoms with van der Waals surface area (Å²) in [6.45, 7) is 5.65. The number of Topliss-reactive ketones (excluding diaryl/α,β-unsaturated/α-hetero) is 1. The Morgan fingerprint density at radius 2 is 1.82 bits per heavy atom. The minimum Gasteiger partial charge on any atom is -0.299 e. The Balaban J connectivity index is 2.97. The summed E-state index contributed by atoms with van der Waals surface area (Å²) in [6, 6.07) is 4.97. The highest BCUT2D eigenvalue weighted by Crippen LogP contribution is 2.16. The average Bonchev–Trinajstić information content (AvgIpc) is 2.21. The largest absolute Gasteiger partial charge is 0.299 e. The summed E-state index contributed by atoms with van der Waals surface area (Å²) in [6.07, 6.45) is 1.01. The van der Waals surface area contributed by atoms with E-state index < -0.39 is 9.84 Å². The van der Waals surface area contributed by atoms with Crippen LogP contribution in [0.5, 0.6) is 0 Å². The highest BCUT2D eigenvalue weighted by atomic mass is 32.2. The number of aryl methyl sites for hydroxylation is 2. The molecule has 3 nitrogen and oxygen atoms in total. The SMILES string of the molecule is CCCC(=O)CS(=O)(=O)c1ccc(C)c(C)c1. The Morgan fingerprint density at radius 1 is 1.18 bits per heavy atom. The molecule has 1 aromatic carbocycles. The predicted octanol–water partition coefficient (Wildman–Crippen LogP) is 2.45. The van der Waals surface area contributed by atoms with Crippen molar-refractivity contribution in [1.29, 1.82) is 0 Å². The number of benzene rings is 1.